The zero-order valence-electron chi connectivity index (χ0n) is 9.58. The average Bonchev–Trinajstić information content (AvgIpc) is 2.85. The van der Waals surface area contributed by atoms with Gasteiger partial charge in [-0.25, -0.2) is 9.48 Å². The Balaban J connectivity index is 2.82. The molecule has 2 aromatic heterocycles. The van der Waals surface area contributed by atoms with E-state index in [1.807, 2.05) is 0 Å². The summed E-state index contributed by atoms with van der Waals surface area (Å²) < 4.78 is 1.16. The molecule has 0 fully saturated rings. The molecule has 94 valence electrons. The van der Waals surface area contributed by atoms with E-state index in [9.17, 15) is 9.59 Å². The summed E-state index contributed by atoms with van der Waals surface area (Å²) in [4.78, 5) is 23.0. The highest BCUT2D eigenvalue weighted by Crippen LogP contribution is 2.25. The molecule has 0 unspecified atom stereocenters. The van der Waals surface area contributed by atoms with E-state index in [1.165, 1.54) is 11.3 Å². The highest BCUT2D eigenvalue weighted by Gasteiger charge is 2.21. The number of aromatic carboxylic acids is 1. The van der Waals surface area contributed by atoms with Crippen LogP contribution in [0.2, 0.25) is 0 Å². The third kappa shape index (κ3) is 1.88. The number of carboxylic acids is 1. The molecule has 3 N–H and O–H groups in total. The van der Waals surface area contributed by atoms with Gasteiger partial charge >= 0.3 is 5.97 Å². The molecular weight excluding hydrogens is 254 g/mol. The van der Waals surface area contributed by atoms with Gasteiger partial charge in [-0.05, 0) is 18.4 Å². The molecule has 2 rings (SSSR count). The SMILES string of the molecule is CCn1nc(-c2ccsc2)c(C(=O)O)c(N)c1=O. The van der Waals surface area contributed by atoms with Crippen LogP contribution in [0.4, 0.5) is 5.69 Å². The van der Waals surface area contributed by atoms with Gasteiger partial charge in [-0.3, -0.25) is 4.79 Å². The number of nitrogen functional groups attached to an aromatic ring is 1. The molecule has 0 amide bonds. The number of anilines is 1. The largest absolute Gasteiger partial charge is 0.478 e. The van der Waals surface area contributed by atoms with Gasteiger partial charge in [0.25, 0.3) is 5.56 Å². The van der Waals surface area contributed by atoms with Crippen LogP contribution in [-0.2, 0) is 6.54 Å². The summed E-state index contributed by atoms with van der Waals surface area (Å²) in [5.41, 5.74) is 5.40. The highest BCUT2D eigenvalue weighted by atomic mass is 32.1. The highest BCUT2D eigenvalue weighted by molar-refractivity contribution is 7.08. The van der Waals surface area contributed by atoms with Gasteiger partial charge < -0.3 is 10.8 Å². The minimum atomic E-state index is -1.25. The Morgan fingerprint density at radius 2 is 2.33 bits per heavy atom. The van der Waals surface area contributed by atoms with E-state index in [0.29, 0.717) is 12.1 Å². The van der Waals surface area contributed by atoms with Crippen molar-refractivity contribution in [3.8, 4) is 11.3 Å². The third-order valence-corrected chi connectivity index (χ3v) is 3.18. The van der Waals surface area contributed by atoms with E-state index < -0.39 is 11.5 Å². The molecule has 2 heterocycles. The molecule has 0 aromatic carbocycles. The van der Waals surface area contributed by atoms with Crippen molar-refractivity contribution in [2.24, 2.45) is 0 Å². The number of aromatic nitrogens is 2. The Morgan fingerprint density at radius 1 is 1.61 bits per heavy atom. The number of carbonyl (C=O) groups is 1. The fraction of sp³-hybridized carbons (Fsp3) is 0.182. The van der Waals surface area contributed by atoms with Crippen LogP contribution in [0.1, 0.15) is 17.3 Å². The van der Waals surface area contributed by atoms with Crippen LogP contribution in [0.3, 0.4) is 0 Å². The Morgan fingerprint density at radius 3 is 2.83 bits per heavy atom. The van der Waals surface area contributed by atoms with Crippen LogP contribution in [-0.4, -0.2) is 20.9 Å². The van der Waals surface area contributed by atoms with Crippen molar-refractivity contribution in [1.82, 2.24) is 9.78 Å². The molecule has 18 heavy (non-hydrogen) atoms. The van der Waals surface area contributed by atoms with Gasteiger partial charge in [-0.15, -0.1) is 0 Å². The van der Waals surface area contributed by atoms with E-state index in [0.717, 1.165) is 4.68 Å². The van der Waals surface area contributed by atoms with E-state index >= 15 is 0 Å². The van der Waals surface area contributed by atoms with E-state index in [2.05, 4.69) is 5.10 Å². The molecule has 0 radical (unpaired) electrons. The van der Waals surface area contributed by atoms with Gasteiger partial charge in [-0.2, -0.15) is 16.4 Å². The van der Waals surface area contributed by atoms with Gasteiger partial charge in [0.1, 0.15) is 16.9 Å². The third-order valence-electron chi connectivity index (χ3n) is 2.50. The van der Waals surface area contributed by atoms with E-state index in [4.69, 9.17) is 10.8 Å². The lowest BCUT2D eigenvalue weighted by atomic mass is 10.1. The number of carboxylic acid groups (broad SMARTS) is 1. The average molecular weight is 265 g/mol. The minimum Gasteiger partial charge on any atom is -0.478 e. The normalized spacial score (nSPS) is 10.5. The molecule has 0 aliphatic rings. The van der Waals surface area contributed by atoms with Crippen LogP contribution in [0.25, 0.3) is 11.3 Å². The smallest absolute Gasteiger partial charge is 0.340 e. The predicted octanol–water partition coefficient (Wildman–Crippen LogP) is 1.27. The van der Waals surface area contributed by atoms with Crippen LogP contribution in [0, 0.1) is 0 Å². The molecule has 0 saturated carbocycles. The van der Waals surface area contributed by atoms with E-state index in [-0.39, 0.29) is 16.9 Å². The molecular formula is C11H11N3O3S. The van der Waals surface area contributed by atoms with Crippen LogP contribution in [0.5, 0.6) is 0 Å². The second-order valence-electron chi connectivity index (χ2n) is 3.58. The topological polar surface area (TPSA) is 98.2 Å². The van der Waals surface area contributed by atoms with Crippen molar-refractivity contribution in [1.29, 1.82) is 0 Å². The first kappa shape index (κ1) is 12.3. The van der Waals surface area contributed by atoms with Crippen molar-refractivity contribution in [2.45, 2.75) is 13.5 Å². The van der Waals surface area contributed by atoms with Crippen molar-refractivity contribution < 1.29 is 9.90 Å². The minimum absolute atomic E-state index is 0.225. The number of hydrogen-bond acceptors (Lipinski definition) is 5. The lowest BCUT2D eigenvalue weighted by molar-refractivity contribution is 0.0698. The molecule has 0 bridgehead atoms. The summed E-state index contributed by atoms with van der Waals surface area (Å²) in [7, 11) is 0. The monoisotopic (exact) mass is 265 g/mol. The molecule has 0 atom stereocenters. The predicted molar refractivity (Wildman–Crippen MR) is 68.9 cm³/mol. The number of aryl methyl sites for hydroxylation is 1. The zero-order valence-corrected chi connectivity index (χ0v) is 10.4. The first-order valence-electron chi connectivity index (χ1n) is 5.22. The van der Waals surface area contributed by atoms with Crippen molar-refractivity contribution >= 4 is 23.0 Å². The van der Waals surface area contributed by atoms with E-state index in [1.54, 1.807) is 23.8 Å². The summed E-state index contributed by atoms with van der Waals surface area (Å²) >= 11 is 1.42. The maximum Gasteiger partial charge on any atom is 0.340 e. The summed E-state index contributed by atoms with van der Waals surface area (Å²) in [6.45, 7) is 2.08. The number of thiophene rings is 1. The van der Waals surface area contributed by atoms with Gasteiger partial charge in [0, 0.05) is 17.5 Å². The molecule has 0 aliphatic heterocycles. The summed E-state index contributed by atoms with van der Waals surface area (Å²) in [5, 5.41) is 16.8. The Hall–Kier alpha value is -2.15. The molecule has 7 heteroatoms. The van der Waals surface area contributed by atoms with Crippen LogP contribution >= 0.6 is 11.3 Å². The number of hydrogen-bond donors (Lipinski definition) is 2. The fourth-order valence-corrected chi connectivity index (χ4v) is 2.26. The molecule has 2 aromatic rings. The van der Waals surface area contributed by atoms with Crippen molar-refractivity contribution in [2.75, 3.05) is 5.73 Å². The zero-order chi connectivity index (χ0) is 13.3. The maximum atomic E-state index is 11.8. The molecule has 0 saturated heterocycles. The van der Waals surface area contributed by atoms with Crippen molar-refractivity contribution in [3.05, 3.63) is 32.7 Å². The van der Waals surface area contributed by atoms with Gasteiger partial charge in [0.2, 0.25) is 0 Å². The van der Waals surface area contributed by atoms with Crippen molar-refractivity contribution in [3.63, 3.8) is 0 Å². The van der Waals surface area contributed by atoms with Gasteiger partial charge in [-0.1, -0.05) is 0 Å². The number of rotatable bonds is 3. The summed E-state index contributed by atoms with van der Waals surface area (Å²) in [6, 6.07) is 1.74. The van der Waals surface area contributed by atoms with Gasteiger partial charge in [0.05, 0.1) is 0 Å². The number of nitrogens with two attached hydrogens (primary N) is 1. The fourth-order valence-electron chi connectivity index (χ4n) is 1.62. The lowest BCUT2D eigenvalue weighted by Crippen LogP contribution is -2.28. The number of nitrogens with zero attached hydrogens (tertiary/aromatic N) is 2. The molecule has 0 aliphatic carbocycles. The first-order valence-corrected chi connectivity index (χ1v) is 6.17. The van der Waals surface area contributed by atoms with Gasteiger partial charge in [0.15, 0.2) is 0 Å². The van der Waals surface area contributed by atoms with Crippen LogP contribution < -0.4 is 11.3 Å². The van der Waals surface area contributed by atoms with Crippen LogP contribution in [0.15, 0.2) is 21.6 Å². The Labute approximate surface area is 106 Å². The maximum absolute atomic E-state index is 11.8. The standard InChI is InChI=1S/C11H11N3O3S/c1-2-14-10(15)8(12)7(11(16)17)9(13-14)6-3-4-18-5-6/h3-5H,2,12H2,1H3,(H,16,17). The quantitative estimate of drug-likeness (QED) is 0.870. The lowest BCUT2D eigenvalue weighted by Gasteiger charge is -2.09. The molecule has 0 spiro atoms. The Bertz CT molecular complexity index is 646. The second kappa shape index (κ2) is 4.61. The summed E-state index contributed by atoms with van der Waals surface area (Å²) in [6.07, 6.45) is 0. The molecule has 6 nitrogen and oxygen atoms in total. The Kier molecular flexibility index (Phi) is 3.15. The first-order chi connectivity index (χ1) is 8.56. The summed E-state index contributed by atoms with van der Waals surface area (Å²) in [5.74, 6) is -1.25. The second-order valence-corrected chi connectivity index (χ2v) is 4.36.